The number of nitrogens with zero attached hydrogens (tertiary/aromatic N) is 2. The quantitative estimate of drug-likeness (QED) is 0.262. The molecule has 2 aromatic carbocycles. The van der Waals surface area contributed by atoms with E-state index >= 15 is 0 Å². The van der Waals surface area contributed by atoms with Crippen LogP contribution >= 0.6 is 0 Å². The summed E-state index contributed by atoms with van der Waals surface area (Å²) in [4.78, 5) is 15.4. The van der Waals surface area contributed by atoms with Crippen molar-refractivity contribution < 1.29 is 4.74 Å². The number of nitrogens with one attached hydrogen (secondary N) is 3. The summed E-state index contributed by atoms with van der Waals surface area (Å²) < 4.78 is 5.88. The molecule has 5 rings (SSSR count). The summed E-state index contributed by atoms with van der Waals surface area (Å²) in [5.41, 5.74) is 12.5. The fourth-order valence-electron chi connectivity index (χ4n) is 4.18. The Labute approximate surface area is 192 Å². The third kappa shape index (κ3) is 4.48. The van der Waals surface area contributed by atoms with Crippen molar-refractivity contribution in [3.05, 3.63) is 71.7 Å². The topological polar surface area (TPSA) is 105 Å². The van der Waals surface area contributed by atoms with Crippen LogP contribution in [0.3, 0.4) is 0 Å². The number of ether oxygens (including phenoxy) is 1. The number of aromatic nitrogens is 4. The molecule has 0 fully saturated rings. The number of hydrogen-bond acceptors (Lipinski definition) is 5. The fraction of sp³-hybridized carbons (Fsp3) is 0.231. The van der Waals surface area contributed by atoms with E-state index in [2.05, 4.69) is 68.7 Å². The van der Waals surface area contributed by atoms with Crippen LogP contribution < -0.4 is 15.8 Å². The molecule has 7 heteroatoms. The summed E-state index contributed by atoms with van der Waals surface area (Å²) in [5, 5.41) is 5.77. The highest BCUT2D eigenvalue weighted by molar-refractivity contribution is 5.85. The van der Waals surface area contributed by atoms with E-state index in [0.717, 1.165) is 57.8 Å². The number of anilines is 3. The molecule has 0 bridgehead atoms. The van der Waals surface area contributed by atoms with Gasteiger partial charge in [-0.2, -0.15) is 4.98 Å². The van der Waals surface area contributed by atoms with Gasteiger partial charge in [0.1, 0.15) is 11.6 Å². The lowest BCUT2D eigenvalue weighted by Crippen LogP contribution is -2.05. The van der Waals surface area contributed by atoms with Crippen LogP contribution in [0.1, 0.15) is 30.7 Å². The Hall–Kier alpha value is -4.00. The average molecular weight is 441 g/mol. The van der Waals surface area contributed by atoms with Crippen LogP contribution in [0.4, 0.5) is 17.5 Å². The number of H-pyrrole nitrogens is 2. The number of aryl methyl sites for hydroxylation is 3. The number of benzene rings is 2. The number of aromatic amines is 2. The van der Waals surface area contributed by atoms with Gasteiger partial charge in [0.2, 0.25) is 5.95 Å². The molecule has 0 saturated carbocycles. The predicted molar refractivity (Wildman–Crippen MR) is 134 cm³/mol. The predicted octanol–water partition coefficient (Wildman–Crippen LogP) is 5.65. The molecule has 0 saturated heterocycles. The zero-order valence-electron chi connectivity index (χ0n) is 19.1. The minimum Gasteiger partial charge on any atom is -0.491 e. The second-order valence-corrected chi connectivity index (χ2v) is 8.67. The Morgan fingerprint density at radius 2 is 1.85 bits per heavy atom. The maximum absolute atomic E-state index is 5.91. The van der Waals surface area contributed by atoms with Gasteiger partial charge in [0.15, 0.2) is 0 Å². The molecule has 0 spiro atoms. The van der Waals surface area contributed by atoms with E-state index in [1.807, 2.05) is 32.2 Å². The lowest BCUT2D eigenvalue weighted by Gasteiger charge is -2.12. The molecule has 7 nitrogen and oxygen atoms in total. The van der Waals surface area contributed by atoms with Crippen molar-refractivity contribution in [3.63, 3.8) is 0 Å². The molecule has 0 aliphatic rings. The Kier molecular flexibility index (Phi) is 5.38. The summed E-state index contributed by atoms with van der Waals surface area (Å²) in [7, 11) is 0. The molecule has 0 amide bonds. The van der Waals surface area contributed by atoms with Gasteiger partial charge in [0.05, 0.1) is 6.10 Å². The van der Waals surface area contributed by atoms with Crippen molar-refractivity contribution in [1.82, 2.24) is 19.9 Å². The SMILES string of the molecule is Cc1cc2cc(Nc3nc(N)ncc3CCc3c[nH]c4ccc(OC(C)C)cc34)ccc2[nH]1. The van der Waals surface area contributed by atoms with Gasteiger partial charge in [-0.1, -0.05) is 0 Å². The van der Waals surface area contributed by atoms with Gasteiger partial charge in [-0.05, 0) is 81.6 Å². The summed E-state index contributed by atoms with van der Waals surface area (Å²) in [6.07, 6.45) is 5.63. The zero-order valence-corrected chi connectivity index (χ0v) is 19.1. The van der Waals surface area contributed by atoms with Gasteiger partial charge >= 0.3 is 0 Å². The third-order valence-electron chi connectivity index (χ3n) is 5.68. The largest absolute Gasteiger partial charge is 0.491 e. The van der Waals surface area contributed by atoms with Gasteiger partial charge in [-0.3, -0.25) is 0 Å². The summed E-state index contributed by atoms with van der Waals surface area (Å²) in [6, 6.07) is 14.5. The second kappa shape index (κ2) is 8.50. The first-order chi connectivity index (χ1) is 15.9. The van der Waals surface area contributed by atoms with E-state index < -0.39 is 0 Å². The summed E-state index contributed by atoms with van der Waals surface area (Å²) >= 11 is 0. The van der Waals surface area contributed by atoms with Crippen LogP contribution in [0.15, 0.2) is 54.9 Å². The van der Waals surface area contributed by atoms with Crippen LogP contribution in [0.25, 0.3) is 21.8 Å². The normalized spacial score (nSPS) is 11.5. The lowest BCUT2D eigenvalue weighted by atomic mass is 10.0. The molecular weight excluding hydrogens is 412 g/mol. The van der Waals surface area contributed by atoms with Crippen LogP contribution in [-0.2, 0) is 12.8 Å². The van der Waals surface area contributed by atoms with Gasteiger partial charge in [0, 0.05) is 51.1 Å². The van der Waals surface area contributed by atoms with E-state index in [-0.39, 0.29) is 12.1 Å². The van der Waals surface area contributed by atoms with Crippen molar-refractivity contribution >= 4 is 39.3 Å². The number of rotatable bonds is 7. The fourth-order valence-corrected chi connectivity index (χ4v) is 4.18. The van der Waals surface area contributed by atoms with Crippen molar-refractivity contribution in [1.29, 1.82) is 0 Å². The van der Waals surface area contributed by atoms with Crippen LogP contribution in [0, 0.1) is 6.92 Å². The molecule has 5 N–H and O–H groups in total. The van der Waals surface area contributed by atoms with E-state index in [0.29, 0.717) is 0 Å². The Balaban J connectivity index is 1.39. The Morgan fingerprint density at radius 3 is 2.70 bits per heavy atom. The maximum Gasteiger partial charge on any atom is 0.221 e. The molecular formula is C26H28N6O. The Morgan fingerprint density at radius 1 is 1.03 bits per heavy atom. The second-order valence-electron chi connectivity index (χ2n) is 8.67. The number of hydrogen-bond donors (Lipinski definition) is 4. The van der Waals surface area contributed by atoms with Crippen LogP contribution in [0.5, 0.6) is 5.75 Å². The number of fused-ring (bicyclic) bond motifs is 2. The van der Waals surface area contributed by atoms with E-state index in [9.17, 15) is 0 Å². The summed E-state index contributed by atoms with van der Waals surface area (Å²) in [5.74, 6) is 1.87. The molecule has 0 aliphatic heterocycles. The smallest absolute Gasteiger partial charge is 0.221 e. The van der Waals surface area contributed by atoms with Gasteiger partial charge in [-0.25, -0.2) is 4.98 Å². The highest BCUT2D eigenvalue weighted by Gasteiger charge is 2.11. The van der Waals surface area contributed by atoms with Gasteiger partial charge in [0.25, 0.3) is 0 Å². The molecule has 168 valence electrons. The van der Waals surface area contributed by atoms with Crippen LogP contribution in [-0.4, -0.2) is 26.0 Å². The van der Waals surface area contributed by atoms with Crippen molar-refractivity contribution in [2.75, 3.05) is 11.1 Å². The molecule has 3 heterocycles. The average Bonchev–Trinajstić information content (AvgIpc) is 3.34. The van der Waals surface area contributed by atoms with Crippen molar-refractivity contribution in [2.24, 2.45) is 0 Å². The van der Waals surface area contributed by atoms with Crippen molar-refractivity contribution in [2.45, 2.75) is 39.7 Å². The standard InChI is InChI=1S/C26H28N6O/c1-15(2)33-21-7-9-24-22(12-21)17(13-28-24)4-5-18-14-29-26(27)32-25(18)31-20-6-8-23-19(11-20)10-16(3)30-23/h6-15,28,30H,4-5H2,1-3H3,(H3,27,29,31,32). The molecule has 33 heavy (non-hydrogen) atoms. The van der Waals surface area contributed by atoms with E-state index in [1.54, 1.807) is 0 Å². The highest BCUT2D eigenvalue weighted by atomic mass is 16.5. The first-order valence-corrected chi connectivity index (χ1v) is 11.2. The van der Waals surface area contributed by atoms with Crippen LogP contribution in [0.2, 0.25) is 0 Å². The van der Waals surface area contributed by atoms with E-state index in [1.165, 1.54) is 10.9 Å². The highest BCUT2D eigenvalue weighted by Crippen LogP contribution is 2.28. The minimum absolute atomic E-state index is 0.139. The number of nitrogen functional groups attached to an aromatic ring is 1. The van der Waals surface area contributed by atoms with E-state index in [4.69, 9.17) is 10.5 Å². The lowest BCUT2D eigenvalue weighted by molar-refractivity contribution is 0.243. The van der Waals surface area contributed by atoms with Gasteiger partial charge < -0.3 is 25.8 Å². The first-order valence-electron chi connectivity index (χ1n) is 11.2. The molecule has 0 aliphatic carbocycles. The van der Waals surface area contributed by atoms with Crippen molar-refractivity contribution in [3.8, 4) is 5.75 Å². The zero-order chi connectivity index (χ0) is 22.9. The number of nitrogens with two attached hydrogens (primary N) is 1. The maximum atomic E-state index is 5.91. The molecule has 0 atom stereocenters. The molecule has 5 aromatic rings. The Bertz CT molecular complexity index is 1430. The molecule has 0 radical (unpaired) electrons. The third-order valence-corrected chi connectivity index (χ3v) is 5.68. The first kappa shape index (κ1) is 20.9. The molecule has 3 aromatic heterocycles. The minimum atomic E-state index is 0.139. The summed E-state index contributed by atoms with van der Waals surface area (Å²) in [6.45, 7) is 6.12. The monoisotopic (exact) mass is 440 g/mol. The van der Waals surface area contributed by atoms with Gasteiger partial charge in [-0.15, -0.1) is 0 Å². The molecule has 0 unspecified atom stereocenters.